The summed E-state index contributed by atoms with van der Waals surface area (Å²) in [5.41, 5.74) is 2.46. The van der Waals surface area contributed by atoms with Crippen molar-refractivity contribution in [2.45, 2.75) is 13.3 Å². The number of benzene rings is 1. The van der Waals surface area contributed by atoms with E-state index in [1.54, 1.807) is 7.11 Å². The highest BCUT2D eigenvalue weighted by atomic mass is 16.5. The molecule has 0 aliphatic carbocycles. The number of rotatable bonds is 3. The summed E-state index contributed by atoms with van der Waals surface area (Å²) in [6.45, 7) is 5.89. The van der Waals surface area contributed by atoms with Crippen LogP contribution in [0.3, 0.4) is 0 Å². The molecule has 0 aliphatic rings. The van der Waals surface area contributed by atoms with Gasteiger partial charge >= 0.3 is 0 Å². The number of methoxy groups -OCH3 is 1. The molecule has 12 heavy (non-hydrogen) atoms. The molecular formula is C11H14O. The highest BCUT2D eigenvalue weighted by Crippen LogP contribution is 2.13. The van der Waals surface area contributed by atoms with Gasteiger partial charge in [-0.1, -0.05) is 24.3 Å². The van der Waals surface area contributed by atoms with Crippen LogP contribution >= 0.6 is 0 Å². The SMILES string of the molecule is C=C(C)Cc1ccc(OC)cc1. The van der Waals surface area contributed by atoms with Crippen LogP contribution in [0.4, 0.5) is 0 Å². The lowest BCUT2D eigenvalue weighted by Gasteiger charge is -2.02. The zero-order chi connectivity index (χ0) is 8.97. The average molecular weight is 162 g/mol. The molecule has 0 aliphatic heterocycles. The van der Waals surface area contributed by atoms with E-state index in [2.05, 4.69) is 18.7 Å². The van der Waals surface area contributed by atoms with Gasteiger partial charge in [-0.3, -0.25) is 0 Å². The van der Waals surface area contributed by atoms with Crippen molar-refractivity contribution >= 4 is 0 Å². The van der Waals surface area contributed by atoms with Gasteiger partial charge < -0.3 is 4.74 Å². The van der Waals surface area contributed by atoms with Crippen molar-refractivity contribution < 1.29 is 4.74 Å². The summed E-state index contributed by atoms with van der Waals surface area (Å²) in [5.74, 6) is 0.903. The van der Waals surface area contributed by atoms with Crippen LogP contribution in [0.25, 0.3) is 0 Å². The molecule has 0 radical (unpaired) electrons. The highest BCUT2D eigenvalue weighted by Gasteiger charge is 1.93. The van der Waals surface area contributed by atoms with Gasteiger partial charge in [0.25, 0.3) is 0 Å². The maximum Gasteiger partial charge on any atom is 0.118 e. The number of hydrogen-bond acceptors (Lipinski definition) is 1. The van der Waals surface area contributed by atoms with E-state index in [1.807, 2.05) is 19.1 Å². The van der Waals surface area contributed by atoms with Crippen molar-refractivity contribution in [1.82, 2.24) is 0 Å². The summed E-state index contributed by atoms with van der Waals surface area (Å²) in [7, 11) is 1.67. The van der Waals surface area contributed by atoms with E-state index in [1.165, 1.54) is 11.1 Å². The van der Waals surface area contributed by atoms with Crippen LogP contribution in [0.1, 0.15) is 12.5 Å². The van der Waals surface area contributed by atoms with Crippen molar-refractivity contribution in [1.29, 1.82) is 0 Å². The van der Waals surface area contributed by atoms with Crippen LogP contribution < -0.4 is 4.74 Å². The first-order valence-electron chi connectivity index (χ1n) is 3.99. The smallest absolute Gasteiger partial charge is 0.118 e. The topological polar surface area (TPSA) is 9.23 Å². The third-order valence-electron chi connectivity index (χ3n) is 1.66. The minimum Gasteiger partial charge on any atom is -0.497 e. The second kappa shape index (κ2) is 3.96. The quantitative estimate of drug-likeness (QED) is 0.621. The fraction of sp³-hybridized carbons (Fsp3) is 0.273. The van der Waals surface area contributed by atoms with Crippen LogP contribution in [-0.2, 0) is 6.42 Å². The Morgan fingerprint density at radius 3 is 2.33 bits per heavy atom. The van der Waals surface area contributed by atoms with Crippen molar-refractivity contribution in [3.8, 4) is 5.75 Å². The molecule has 0 amide bonds. The van der Waals surface area contributed by atoms with Gasteiger partial charge in [-0.05, 0) is 31.0 Å². The monoisotopic (exact) mass is 162 g/mol. The summed E-state index contributed by atoms with van der Waals surface area (Å²) in [5, 5.41) is 0. The lowest BCUT2D eigenvalue weighted by Crippen LogP contribution is -1.86. The van der Waals surface area contributed by atoms with Crippen molar-refractivity contribution in [3.05, 3.63) is 42.0 Å². The van der Waals surface area contributed by atoms with Crippen LogP contribution in [0.2, 0.25) is 0 Å². The van der Waals surface area contributed by atoms with E-state index in [0.717, 1.165) is 12.2 Å². The summed E-state index contributed by atoms with van der Waals surface area (Å²) in [6.07, 6.45) is 0.948. The minimum absolute atomic E-state index is 0.903. The lowest BCUT2D eigenvalue weighted by atomic mass is 10.1. The Labute approximate surface area is 73.7 Å². The first-order valence-corrected chi connectivity index (χ1v) is 3.99. The van der Waals surface area contributed by atoms with Crippen molar-refractivity contribution in [3.63, 3.8) is 0 Å². The predicted molar refractivity (Wildman–Crippen MR) is 51.5 cm³/mol. The molecule has 0 N–H and O–H groups in total. The van der Waals surface area contributed by atoms with E-state index in [9.17, 15) is 0 Å². The van der Waals surface area contributed by atoms with Crippen LogP contribution in [0.5, 0.6) is 5.75 Å². The van der Waals surface area contributed by atoms with Crippen molar-refractivity contribution in [2.75, 3.05) is 7.11 Å². The maximum absolute atomic E-state index is 5.05. The van der Waals surface area contributed by atoms with Crippen LogP contribution in [0, 0.1) is 0 Å². The first-order chi connectivity index (χ1) is 5.72. The summed E-state index contributed by atoms with van der Waals surface area (Å²) >= 11 is 0. The maximum atomic E-state index is 5.05. The van der Waals surface area contributed by atoms with Gasteiger partial charge in [-0.15, -0.1) is 0 Å². The van der Waals surface area contributed by atoms with Gasteiger partial charge in [0.1, 0.15) is 5.75 Å². The van der Waals surface area contributed by atoms with Crippen molar-refractivity contribution in [2.24, 2.45) is 0 Å². The van der Waals surface area contributed by atoms with E-state index in [4.69, 9.17) is 4.74 Å². The van der Waals surface area contributed by atoms with Gasteiger partial charge in [-0.25, -0.2) is 0 Å². The largest absolute Gasteiger partial charge is 0.497 e. The van der Waals surface area contributed by atoms with Crippen LogP contribution in [-0.4, -0.2) is 7.11 Å². The molecule has 0 unspecified atom stereocenters. The number of hydrogen-bond donors (Lipinski definition) is 0. The number of allylic oxidation sites excluding steroid dienone is 1. The Hall–Kier alpha value is -1.24. The van der Waals surface area contributed by atoms with Gasteiger partial charge in [0.15, 0.2) is 0 Å². The second-order valence-corrected chi connectivity index (χ2v) is 2.98. The Balaban J connectivity index is 2.71. The molecule has 1 aromatic rings. The normalized spacial score (nSPS) is 9.50. The molecule has 0 spiro atoms. The first kappa shape index (κ1) is 8.85. The zero-order valence-electron chi connectivity index (χ0n) is 7.63. The fourth-order valence-electron chi connectivity index (χ4n) is 1.09. The molecule has 0 fully saturated rings. The summed E-state index contributed by atoms with van der Waals surface area (Å²) in [6, 6.07) is 8.07. The average Bonchev–Trinajstić information content (AvgIpc) is 2.05. The molecule has 64 valence electrons. The van der Waals surface area contributed by atoms with E-state index < -0.39 is 0 Å². The Morgan fingerprint density at radius 2 is 1.92 bits per heavy atom. The molecule has 1 aromatic carbocycles. The van der Waals surface area contributed by atoms with Gasteiger partial charge in [-0.2, -0.15) is 0 Å². The molecular weight excluding hydrogens is 148 g/mol. The minimum atomic E-state index is 0.903. The Kier molecular flexibility index (Phi) is 2.92. The predicted octanol–water partition coefficient (Wildman–Crippen LogP) is 2.81. The van der Waals surface area contributed by atoms with Gasteiger partial charge in [0, 0.05) is 0 Å². The van der Waals surface area contributed by atoms with E-state index >= 15 is 0 Å². The standard InChI is InChI=1S/C11H14O/c1-9(2)8-10-4-6-11(12-3)7-5-10/h4-7H,1,8H2,2-3H3. The van der Waals surface area contributed by atoms with E-state index in [-0.39, 0.29) is 0 Å². The fourth-order valence-corrected chi connectivity index (χ4v) is 1.09. The summed E-state index contributed by atoms with van der Waals surface area (Å²) in [4.78, 5) is 0. The Bertz CT molecular complexity index is 259. The molecule has 0 atom stereocenters. The molecule has 0 saturated heterocycles. The molecule has 0 aromatic heterocycles. The highest BCUT2D eigenvalue weighted by molar-refractivity contribution is 5.29. The van der Waals surface area contributed by atoms with Gasteiger partial charge in [0.2, 0.25) is 0 Å². The molecule has 1 nitrogen and oxygen atoms in total. The summed E-state index contributed by atoms with van der Waals surface area (Å²) < 4.78 is 5.05. The number of ether oxygens (including phenoxy) is 1. The van der Waals surface area contributed by atoms with E-state index in [0.29, 0.717) is 0 Å². The van der Waals surface area contributed by atoms with Gasteiger partial charge in [0.05, 0.1) is 7.11 Å². The molecule has 1 heteroatoms. The molecule has 0 bridgehead atoms. The molecule has 0 saturated carbocycles. The second-order valence-electron chi connectivity index (χ2n) is 2.98. The third-order valence-corrected chi connectivity index (χ3v) is 1.66. The third kappa shape index (κ3) is 2.42. The Morgan fingerprint density at radius 1 is 1.33 bits per heavy atom. The van der Waals surface area contributed by atoms with Crippen LogP contribution in [0.15, 0.2) is 36.4 Å². The lowest BCUT2D eigenvalue weighted by molar-refractivity contribution is 0.414. The zero-order valence-corrected chi connectivity index (χ0v) is 7.63. The molecule has 0 heterocycles. The molecule has 1 rings (SSSR count).